The van der Waals surface area contributed by atoms with E-state index in [1.807, 2.05) is 47.4 Å². The Morgan fingerprint density at radius 3 is 2.35 bits per heavy atom. The summed E-state index contributed by atoms with van der Waals surface area (Å²) in [5.74, 6) is 1.86. The molecule has 6 heteroatoms. The quantitative estimate of drug-likeness (QED) is 0.527. The van der Waals surface area contributed by atoms with Gasteiger partial charge in [0.15, 0.2) is 5.82 Å². The first-order chi connectivity index (χ1) is 15.2. The maximum absolute atomic E-state index is 13.2. The molecule has 1 amide bonds. The molecule has 31 heavy (non-hydrogen) atoms. The van der Waals surface area contributed by atoms with Crippen molar-refractivity contribution in [2.24, 2.45) is 0 Å². The lowest BCUT2D eigenvalue weighted by atomic mass is 10.0. The van der Waals surface area contributed by atoms with E-state index in [9.17, 15) is 4.79 Å². The average Bonchev–Trinajstić information content (AvgIpc) is 2.84. The summed E-state index contributed by atoms with van der Waals surface area (Å²) in [6.07, 6.45) is 4.38. The number of fused-ring (bicyclic) bond motifs is 1. The van der Waals surface area contributed by atoms with Crippen molar-refractivity contribution in [3.05, 3.63) is 75.9 Å². The van der Waals surface area contributed by atoms with Crippen LogP contribution in [-0.2, 0) is 13.0 Å². The molecular weight excluding hydrogens is 452 g/mol. The number of amides is 1. The Hall–Kier alpha value is -2.73. The molecule has 0 radical (unpaired) electrons. The number of hydrogen-bond acceptors (Lipinski definition) is 4. The molecule has 3 aromatic rings. The van der Waals surface area contributed by atoms with Gasteiger partial charge in [-0.1, -0.05) is 46.3 Å². The third-order valence-electron chi connectivity index (χ3n) is 6.10. The maximum Gasteiger partial charge on any atom is 0.254 e. The van der Waals surface area contributed by atoms with Crippen LogP contribution in [0.4, 0.5) is 5.82 Å². The molecule has 0 N–H and O–H groups in total. The molecule has 158 valence electrons. The van der Waals surface area contributed by atoms with E-state index in [0.717, 1.165) is 52.4 Å². The molecule has 5 nitrogen and oxygen atoms in total. The van der Waals surface area contributed by atoms with Gasteiger partial charge >= 0.3 is 0 Å². The van der Waals surface area contributed by atoms with Crippen LogP contribution in [0.5, 0.6) is 0 Å². The number of carbonyl (C=O) groups excluding carboxylic acids is 1. The van der Waals surface area contributed by atoms with Crippen LogP contribution in [0.15, 0.2) is 59.1 Å². The Morgan fingerprint density at radius 2 is 1.61 bits per heavy atom. The molecule has 0 bridgehead atoms. The Bertz CT molecular complexity index is 1080. The van der Waals surface area contributed by atoms with Crippen LogP contribution in [0.25, 0.3) is 11.4 Å². The van der Waals surface area contributed by atoms with Crippen LogP contribution in [0.3, 0.4) is 0 Å². The molecule has 1 saturated heterocycles. The van der Waals surface area contributed by atoms with Gasteiger partial charge in [-0.25, -0.2) is 9.97 Å². The molecule has 5 rings (SSSR count). The highest BCUT2D eigenvalue weighted by Crippen LogP contribution is 2.31. The number of anilines is 1. The molecule has 2 aliphatic heterocycles. The predicted octanol–water partition coefficient (Wildman–Crippen LogP) is 5.09. The third kappa shape index (κ3) is 4.22. The van der Waals surface area contributed by atoms with Gasteiger partial charge in [-0.15, -0.1) is 0 Å². The number of nitrogens with zero attached hydrogens (tertiary/aromatic N) is 4. The van der Waals surface area contributed by atoms with E-state index < -0.39 is 0 Å². The monoisotopic (exact) mass is 476 g/mol. The fourth-order valence-electron chi connectivity index (χ4n) is 4.43. The second kappa shape index (κ2) is 8.79. The first-order valence-corrected chi connectivity index (χ1v) is 11.7. The van der Waals surface area contributed by atoms with Crippen molar-refractivity contribution in [2.45, 2.75) is 32.2 Å². The van der Waals surface area contributed by atoms with Crippen LogP contribution in [0.2, 0.25) is 0 Å². The molecule has 0 spiro atoms. The highest BCUT2D eigenvalue weighted by Gasteiger charge is 2.29. The van der Waals surface area contributed by atoms with Crippen LogP contribution < -0.4 is 4.90 Å². The summed E-state index contributed by atoms with van der Waals surface area (Å²) in [6.45, 7) is 3.26. The number of benzene rings is 2. The van der Waals surface area contributed by atoms with Crippen molar-refractivity contribution < 1.29 is 4.79 Å². The van der Waals surface area contributed by atoms with Crippen LogP contribution in [0.1, 0.15) is 40.9 Å². The third-order valence-corrected chi connectivity index (χ3v) is 6.63. The molecule has 2 aromatic carbocycles. The van der Waals surface area contributed by atoms with Crippen molar-refractivity contribution in [3.8, 4) is 11.4 Å². The van der Waals surface area contributed by atoms with Crippen molar-refractivity contribution in [2.75, 3.05) is 24.5 Å². The minimum atomic E-state index is 0.0647. The minimum Gasteiger partial charge on any atom is -0.356 e. The van der Waals surface area contributed by atoms with Crippen molar-refractivity contribution in [1.29, 1.82) is 0 Å². The molecule has 2 aliphatic rings. The normalized spacial score (nSPS) is 16.2. The Balaban J connectivity index is 1.51. The number of piperidine rings is 1. The largest absolute Gasteiger partial charge is 0.356 e. The van der Waals surface area contributed by atoms with Gasteiger partial charge in [0.05, 0.1) is 12.2 Å². The highest BCUT2D eigenvalue weighted by molar-refractivity contribution is 9.10. The first-order valence-electron chi connectivity index (χ1n) is 10.9. The van der Waals surface area contributed by atoms with Crippen molar-refractivity contribution >= 4 is 27.7 Å². The molecule has 0 atom stereocenters. The van der Waals surface area contributed by atoms with Gasteiger partial charge in [0.1, 0.15) is 5.82 Å². The standard InChI is InChI=1S/C25H25BrN4O/c26-20-11-9-19(10-12-20)25(31)30-16-13-22-21(17-30)24(29-14-5-2-6-15-29)28-23(27-22)18-7-3-1-4-8-18/h1,3-4,7-12H,2,5-6,13-17H2. The number of rotatable bonds is 3. The Morgan fingerprint density at radius 1 is 0.871 bits per heavy atom. The molecule has 0 aliphatic carbocycles. The molecule has 0 saturated carbocycles. The van der Waals surface area contributed by atoms with Gasteiger partial charge in [0.2, 0.25) is 0 Å². The summed E-state index contributed by atoms with van der Waals surface area (Å²) < 4.78 is 0.974. The van der Waals surface area contributed by atoms with Gasteiger partial charge in [0.25, 0.3) is 5.91 Å². The summed E-state index contributed by atoms with van der Waals surface area (Å²) in [7, 11) is 0. The van der Waals surface area contributed by atoms with E-state index in [1.54, 1.807) is 0 Å². The second-order valence-electron chi connectivity index (χ2n) is 8.19. The molecule has 1 fully saturated rings. The topological polar surface area (TPSA) is 49.3 Å². The molecule has 0 unspecified atom stereocenters. The highest BCUT2D eigenvalue weighted by atomic mass is 79.9. The fourth-order valence-corrected chi connectivity index (χ4v) is 4.69. The summed E-state index contributed by atoms with van der Waals surface area (Å²) in [4.78, 5) is 27.4. The molecule has 1 aromatic heterocycles. The SMILES string of the molecule is O=C(c1ccc(Br)cc1)N1CCc2nc(-c3ccccc3)nc(N3CCCCC3)c2C1. The van der Waals surface area contributed by atoms with E-state index >= 15 is 0 Å². The number of aromatic nitrogens is 2. The zero-order chi connectivity index (χ0) is 21.2. The van der Waals surface area contributed by atoms with Gasteiger partial charge in [-0.2, -0.15) is 0 Å². The smallest absolute Gasteiger partial charge is 0.254 e. The van der Waals surface area contributed by atoms with Gasteiger partial charge < -0.3 is 9.80 Å². The number of carbonyl (C=O) groups is 1. The Labute approximate surface area is 191 Å². The van der Waals surface area contributed by atoms with Crippen molar-refractivity contribution in [3.63, 3.8) is 0 Å². The zero-order valence-corrected chi connectivity index (χ0v) is 19.0. The van der Waals surface area contributed by atoms with E-state index in [0.29, 0.717) is 18.7 Å². The zero-order valence-electron chi connectivity index (χ0n) is 17.4. The van der Waals surface area contributed by atoms with E-state index in [2.05, 4.69) is 33.0 Å². The summed E-state index contributed by atoms with van der Waals surface area (Å²) in [6, 6.07) is 17.8. The van der Waals surface area contributed by atoms with Crippen LogP contribution >= 0.6 is 15.9 Å². The van der Waals surface area contributed by atoms with Crippen molar-refractivity contribution in [1.82, 2.24) is 14.9 Å². The Kier molecular flexibility index (Phi) is 5.72. The van der Waals surface area contributed by atoms with Gasteiger partial charge in [-0.3, -0.25) is 4.79 Å². The number of hydrogen-bond donors (Lipinski definition) is 0. The maximum atomic E-state index is 13.2. The number of halogens is 1. The minimum absolute atomic E-state index is 0.0647. The van der Waals surface area contributed by atoms with Gasteiger partial charge in [0, 0.05) is 47.2 Å². The summed E-state index contributed by atoms with van der Waals surface area (Å²) in [5.41, 5.74) is 3.94. The fraction of sp³-hybridized carbons (Fsp3) is 0.320. The van der Waals surface area contributed by atoms with Crippen LogP contribution in [-0.4, -0.2) is 40.4 Å². The predicted molar refractivity (Wildman–Crippen MR) is 126 cm³/mol. The van der Waals surface area contributed by atoms with E-state index in [-0.39, 0.29) is 5.91 Å². The summed E-state index contributed by atoms with van der Waals surface area (Å²) >= 11 is 3.44. The second-order valence-corrected chi connectivity index (χ2v) is 9.11. The lowest BCUT2D eigenvalue weighted by Crippen LogP contribution is -2.39. The lowest BCUT2D eigenvalue weighted by Gasteiger charge is -2.34. The first kappa shape index (κ1) is 20.2. The van der Waals surface area contributed by atoms with Gasteiger partial charge in [-0.05, 0) is 43.5 Å². The van der Waals surface area contributed by atoms with E-state index in [1.165, 1.54) is 19.3 Å². The van der Waals surface area contributed by atoms with Crippen LogP contribution in [0, 0.1) is 0 Å². The van der Waals surface area contributed by atoms with E-state index in [4.69, 9.17) is 9.97 Å². The summed E-state index contributed by atoms with van der Waals surface area (Å²) in [5, 5.41) is 0. The molecule has 3 heterocycles. The lowest BCUT2D eigenvalue weighted by molar-refractivity contribution is 0.0733. The average molecular weight is 477 g/mol. The molecular formula is C25H25BrN4O.